The van der Waals surface area contributed by atoms with Crippen LogP contribution in [0.25, 0.3) is 28.1 Å². The molecule has 4 heterocycles. The third-order valence-electron chi connectivity index (χ3n) is 5.58. The van der Waals surface area contributed by atoms with Crippen LogP contribution < -0.4 is 10.9 Å². The highest BCUT2D eigenvalue weighted by Crippen LogP contribution is 2.32. The Labute approximate surface area is 206 Å². The highest BCUT2D eigenvalue weighted by molar-refractivity contribution is 5.82. The minimum atomic E-state index is -4.78. The fraction of sp³-hybridized carbons (Fsp3) is 0.167. The smallest absolute Gasteiger partial charge is 0.389 e. The Balaban J connectivity index is 1.57. The Morgan fingerprint density at radius 1 is 1.08 bits per heavy atom. The molecule has 0 aliphatic rings. The van der Waals surface area contributed by atoms with Gasteiger partial charge in [-0.15, -0.1) is 5.10 Å². The van der Waals surface area contributed by atoms with Crippen molar-refractivity contribution in [3.05, 3.63) is 82.2 Å². The molecule has 0 fully saturated rings. The number of rotatable bonds is 5. The van der Waals surface area contributed by atoms with Crippen molar-refractivity contribution in [3.63, 3.8) is 0 Å². The molecule has 37 heavy (non-hydrogen) atoms. The average molecular weight is 508 g/mol. The molecule has 0 spiro atoms. The van der Waals surface area contributed by atoms with E-state index in [4.69, 9.17) is 0 Å². The summed E-state index contributed by atoms with van der Waals surface area (Å²) in [4.78, 5) is 21.3. The Kier molecular flexibility index (Phi) is 5.91. The van der Waals surface area contributed by atoms with Crippen molar-refractivity contribution in [1.82, 2.24) is 34.9 Å². The number of aliphatic hydroxyl groups is 1. The molecular weight excluding hydrogens is 489 g/mol. The van der Waals surface area contributed by atoms with Gasteiger partial charge in [-0.1, -0.05) is 6.07 Å². The average Bonchev–Trinajstić information content (AvgIpc) is 3.28. The van der Waals surface area contributed by atoms with E-state index in [-0.39, 0.29) is 22.6 Å². The van der Waals surface area contributed by atoms with Crippen molar-refractivity contribution in [2.75, 3.05) is 5.32 Å². The Morgan fingerprint density at radius 2 is 1.89 bits per heavy atom. The van der Waals surface area contributed by atoms with E-state index in [0.29, 0.717) is 22.9 Å². The molecule has 0 saturated carbocycles. The van der Waals surface area contributed by atoms with Crippen LogP contribution in [-0.2, 0) is 6.18 Å². The number of hydrogen-bond acceptors (Lipinski definition) is 8. The summed E-state index contributed by atoms with van der Waals surface area (Å²) < 4.78 is 41.4. The second-order valence-electron chi connectivity index (χ2n) is 8.28. The van der Waals surface area contributed by atoms with Crippen molar-refractivity contribution in [3.8, 4) is 17.1 Å². The van der Waals surface area contributed by atoms with Gasteiger partial charge in [-0.3, -0.25) is 9.36 Å². The number of alkyl halides is 3. The Bertz CT molecular complexity index is 1660. The molecule has 0 aliphatic carbocycles. The fourth-order valence-electron chi connectivity index (χ4n) is 3.76. The topological polar surface area (TPSA) is 134 Å². The minimum Gasteiger partial charge on any atom is -0.389 e. The molecule has 188 valence electrons. The molecule has 3 N–H and O–H groups in total. The molecule has 1 unspecified atom stereocenters. The fourth-order valence-corrected chi connectivity index (χ4v) is 3.76. The van der Waals surface area contributed by atoms with Crippen molar-refractivity contribution in [2.45, 2.75) is 26.1 Å². The molecule has 13 heteroatoms. The van der Waals surface area contributed by atoms with E-state index in [0.717, 1.165) is 11.4 Å². The second kappa shape index (κ2) is 9.09. The number of aromatic amines is 1. The van der Waals surface area contributed by atoms with Crippen LogP contribution in [-0.4, -0.2) is 40.0 Å². The quantitative estimate of drug-likeness (QED) is 0.323. The lowest BCUT2D eigenvalue weighted by Gasteiger charge is -2.14. The molecule has 0 amide bonds. The van der Waals surface area contributed by atoms with Crippen LogP contribution >= 0.6 is 0 Å². The van der Waals surface area contributed by atoms with Gasteiger partial charge in [-0.25, -0.2) is 15.1 Å². The van der Waals surface area contributed by atoms with Crippen LogP contribution in [0.4, 0.5) is 24.7 Å². The first-order chi connectivity index (χ1) is 17.6. The molecule has 10 nitrogen and oxygen atoms in total. The summed E-state index contributed by atoms with van der Waals surface area (Å²) in [5.74, 6) is 0.849. The number of fused-ring (bicyclic) bond motifs is 1. The van der Waals surface area contributed by atoms with Gasteiger partial charge in [0.05, 0.1) is 34.1 Å². The van der Waals surface area contributed by atoms with Crippen LogP contribution in [0.3, 0.4) is 0 Å². The lowest BCUT2D eigenvalue weighted by atomic mass is 10.0. The number of H-pyrrole nitrogens is 1. The predicted molar refractivity (Wildman–Crippen MR) is 128 cm³/mol. The van der Waals surface area contributed by atoms with Crippen molar-refractivity contribution < 1.29 is 18.3 Å². The molecule has 1 atom stereocenters. The number of halogens is 3. The zero-order valence-electron chi connectivity index (χ0n) is 19.4. The van der Waals surface area contributed by atoms with Gasteiger partial charge in [-0.2, -0.15) is 23.4 Å². The van der Waals surface area contributed by atoms with E-state index >= 15 is 0 Å². The van der Waals surface area contributed by atoms with E-state index in [2.05, 4.69) is 30.6 Å². The number of anilines is 2. The highest BCUT2D eigenvalue weighted by Gasteiger charge is 2.34. The number of aryl methyl sites for hydroxylation is 1. The highest BCUT2D eigenvalue weighted by atomic mass is 19.4. The molecule has 0 saturated heterocycles. The normalized spacial score (nSPS) is 12.6. The van der Waals surface area contributed by atoms with Crippen LogP contribution in [0.2, 0.25) is 0 Å². The monoisotopic (exact) mass is 508 g/mol. The van der Waals surface area contributed by atoms with Gasteiger partial charge in [0.2, 0.25) is 0 Å². The molecule has 1 aromatic carbocycles. The van der Waals surface area contributed by atoms with Gasteiger partial charge in [0.25, 0.3) is 5.56 Å². The van der Waals surface area contributed by atoms with Crippen LogP contribution in [0.15, 0.2) is 59.7 Å². The summed E-state index contributed by atoms with van der Waals surface area (Å²) in [5, 5.41) is 26.4. The Hall–Kier alpha value is -4.65. The summed E-state index contributed by atoms with van der Waals surface area (Å²) >= 11 is 0. The van der Waals surface area contributed by atoms with Crippen LogP contribution in [0, 0.1) is 6.92 Å². The van der Waals surface area contributed by atoms with Gasteiger partial charge in [0.1, 0.15) is 12.1 Å². The first-order valence-electron chi connectivity index (χ1n) is 11.0. The SMILES string of the molecule is Cc1ccc(Nc2ccc3c(c2)ncn3-c2ccc(C(C)O)c(-c3cc(C(F)(F)F)n[nH]c3=O)n2)nn1. The van der Waals surface area contributed by atoms with Crippen molar-refractivity contribution >= 4 is 22.5 Å². The maximum Gasteiger partial charge on any atom is 0.435 e. The third-order valence-corrected chi connectivity index (χ3v) is 5.58. The standard InChI is InChI=1S/C24H19F3N8O2/c1-12-3-7-20(33-31-12)29-14-4-6-18-17(9-14)28-11-35(18)21-8-5-15(13(2)36)22(30-21)16-10-19(24(25,26)27)32-34-23(16)37/h3-11,13,36H,1-2H3,(H,29,33)(H,34,37). The van der Waals surface area contributed by atoms with Gasteiger partial charge in [0, 0.05) is 11.3 Å². The second-order valence-corrected chi connectivity index (χ2v) is 8.28. The van der Waals surface area contributed by atoms with Gasteiger partial charge in [0.15, 0.2) is 11.5 Å². The minimum absolute atomic E-state index is 0.0975. The van der Waals surface area contributed by atoms with Crippen molar-refractivity contribution in [2.24, 2.45) is 0 Å². The molecule has 0 radical (unpaired) electrons. The Morgan fingerprint density at radius 3 is 2.59 bits per heavy atom. The number of nitrogens with zero attached hydrogens (tertiary/aromatic N) is 6. The first-order valence-corrected chi connectivity index (χ1v) is 11.0. The lowest BCUT2D eigenvalue weighted by Crippen LogP contribution is -2.19. The summed E-state index contributed by atoms with van der Waals surface area (Å²) in [6, 6.07) is 12.7. The van der Waals surface area contributed by atoms with Crippen molar-refractivity contribution in [1.29, 1.82) is 0 Å². The number of nitrogens with one attached hydrogen (secondary N) is 2. The first kappa shape index (κ1) is 24.1. The van der Waals surface area contributed by atoms with E-state index in [9.17, 15) is 23.1 Å². The largest absolute Gasteiger partial charge is 0.435 e. The number of imidazole rings is 1. The maximum atomic E-state index is 13.3. The summed E-state index contributed by atoms with van der Waals surface area (Å²) in [6.07, 6.45) is -4.37. The van der Waals surface area contributed by atoms with E-state index in [1.165, 1.54) is 19.3 Å². The number of hydrogen-bond donors (Lipinski definition) is 3. The number of pyridine rings is 1. The number of aliphatic hydroxyl groups excluding tert-OH is 1. The van der Waals surface area contributed by atoms with Gasteiger partial charge in [-0.05, 0) is 56.3 Å². The van der Waals surface area contributed by atoms with Gasteiger partial charge < -0.3 is 10.4 Å². The summed E-state index contributed by atoms with van der Waals surface area (Å²) in [6.45, 7) is 3.27. The predicted octanol–water partition coefficient (Wildman–Crippen LogP) is 4.08. The van der Waals surface area contributed by atoms with E-state index in [1.807, 2.05) is 18.1 Å². The molecule has 0 bridgehead atoms. The van der Waals surface area contributed by atoms with Crippen LogP contribution in [0.5, 0.6) is 0 Å². The summed E-state index contributed by atoms with van der Waals surface area (Å²) in [7, 11) is 0. The third kappa shape index (κ3) is 4.76. The zero-order valence-corrected chi connectivity index (χ0v) is 19.4. The molecule has 0 aliphatic heterocycles. The zero-order chi connectivity index (χ0) is 26.3. The number of benzene rings is 1. The molecular formula is C24H19F3N8O2. The molecule has 5 aromatic rings. The molecule has 5 rings (SSSR count). The summed E-state index contributed by atoms with van der Waals surface area (Å²) in [5.41, 5.74) is 0.340. The maximum absolute atomic E-state index is 13.3. The lowest BCUT2D eigenvalue weighted by molar-refractivity contribution is -0.141. The van der Waals surface area contributed by atoms with E-state index < -0.39 is 23.5 Å². The van der Waals surface area contributed by atoms with E-state index in [1.54, 1.807) is 34.9 Å². The molecule has 4 aromatic heterocycles. The number of aromatic nitrogens is 7. The van der Waals surface area contributed by atoms with Crippen LogP contribution in [0.1, 0.15) is 30.0 Å². The van der Waals surface area contributed by atoms with Gasteiger partial charge >= 0.3 is 6.18 Å².